The van der Waals surface area contributed by atoms with Gasteiger partial charge in [0.2, 0.25) is 5.60 Å². The molecule has 0 aliphatic carbocycles. The molecule has 0 saturated heterocycles. The number of nitrogens with two attached hydrogens (primary N) is 1. The zero-order valence-electron chi connectivity index (χ0n) is 22.6. The Hall–Kier alpha value is -3.94. The summed E-state index contributed by atoms with van der Waals surface area (Å²) in [5.74, 6) is -1.36. The Labute approximate surface area is 233 Å². The molecule has 2 aromatic carbocycles. The third kappa shape index (κ3) is 6.69. The average Bonchev–Trinajstić information content (AvgIpc) is 2.94. The Bertz CT molecular complexity index is 1440. The van der Waals surface area contributed by atoms with Crippen molar-refractivity contribution >= 4 is 5.91 Å². The maximum Gasteiger partial charge on any atom is 0.423 e. The number of carbonyl (C=O) groups is 1. The number of aromatic nitrogens is 1. The number of nitrogens with one attached hydrogen (secondary N) is 1. The average molecular weight is 582 g/mol. The second kappa shape index (κ2) is 12.3. The molecule has 1 aromatic heterocycles. The number of amides is 1. The molecule has 0 aliphatic rings. The molecule has 13 heteroatoms. The first-order valence-electron chi connectivity index (χ1n) is 12.4. The second-order valence-corrected chi connectivity index (χ2v) is 9.82. The van der Waals surface area contributed by atoms with Gasteiger partial charge in [0, 0.05) is 30.1 Å². The fraction of sp³-hybridized carbons (Fsp3) is 0.357. The lowest BCUT2D eigenvalue weighted by Gasteiger charge is -2.34. The van der Waals surface area contributed by atoms with Gasteiger partial charge < -0.3 is 35.3 Å². The molecular weight excluding hydrogens is 550 g/mol. The van der Waals surface area contributed by atoms with Crippen LogP contribution in [0.3, 0.4) is 0 Å². The van der Waals surface area contributed by atoms with Gasteiger partial charge >= 0.3 is 6.18 Å². The SMILES string of the molecule is COc1cc(C(=O)NCC(O)(c2cn(C(C)(C)CN)cc(-c3ccc(F)cc3)c2=O)C(F)(F)F)ccc1OCCO. The molecule has 0 radical (unpaired) electrons. The molecule has 1 atom stereocenters. The predicted molar refractivity (Wildman–Crippen MR) is 142 cm³/mol. The van der Waals surface area contributed by atoms with E-state index in [-0.39, 0.29) is 47.9 Å². The standard InChI is InChI=1S/C28H31F4N3O6/c1-26(2,15-33)35-13-20(17-4-7-19(29)8-5-17)24(37)21(14-35)27(39,28(30,31)32)16-34-25(38)18-6-9-22(41-11-10-36)23(12-18)40-3/h4-9,12-14,36,39H,10-11,15-16,33H2,1-3H3,(H,34,38). The Kier molecular flexibility index (Phi) is 9.47. The van der Waals surface area contributed by atoms with Crippen LogP contribution in [0.5, 0.6) is 11.5 Å². The number of methoxy groups -OCH3 is 1. The van der Waals surface area contributed by atoms with Crippen molar-refractivity contribution in [3.63, 3.8) is 0 Å². The van der Waals surface area contributed by atoms with Crippen LogP contribution in [0.4, 0.5) is 17.6 Å². The zero-order valence-corrected chi connectivity index (χ0v) is 22.6. The van der Waals surface area contributed by atoms with Crippen molar-refractivity contribution in [2.75, 3.05) is 33.4 Å². The third-order valence-electron chi connectivity index (χ3n) is 6.57. The van der Waals surface area contributed by atoms with Crippen LogP contribution >= 0.6 is 0 Å². The molecule has 3 rings (SSSR count). The van der Waals surface area contributed by atoms with Gasteiger partial charge in [0.05, 0.1) is 31.4 Å². The number of alkyl halides is 3. The number of aliphatic hydroxyl groups is 2. The van der Waals surface area contributed by atoms with Gasteiger partial charge in [-0.15, -0.1) is 0 Å². The Morgan fingerprint density at radius 2 is 1.73 bits per heavy atom. The molecule has 0 aliphatic heterocycles. The number of carbonyl (C=O) groups excluding carboxylic acids is 1. The van der Waals surface area contributed by atoms with Gasteiger partial charge in [-0.25, -0.2) is 4.39 Å². The minimum atomic E-state index is -5.41. The normalized spacial score (nSPS) is 13.4. The molecule has 222 valence electrons. The summed E-state index contributed by atoms with van der Waals surface area (Å²) < 4.78 is 68.8. The quantitative estimate of drug-likeness (QED) is 0.256. The minimum absolute atomic E-state index is 0.0425. The monoisotopic (exact) mass is 581 g/mol. The van der Waals surface area contributed by atoms with Crippen LogP contribution in [0.25, 0.3) is 11.1 Å². The molecule has 5 N–H and O–H groups in total. The maximum atomic E-state index is 14.5. The first-order valence-corrected chi connectivity index (χ1v) is 12.4. The minimum Gasteiger partial charge on any atom is -0.493 e. The van der Waals surface area contributed by atoms with Crippen LogP contribution in [-0.2, 0) is 11.1 Å². The maximum absolute atomic E-state index is 14.5. The van der Waals surface area contributed by atoms with Gasteiger partial charge in [0.15, 0.2) is 16.9 Å². The van der Waals surface area contributed by atoms with Crippen molar-refractivity contribution in [1.29, 1.82) is 0 Å². The van der Waals surface area contributed by atoms with Crippen molar-refractivity contribution in [3.05, 3.63) is 82.0 Å². The van der Waals surface area contributed by atoms with Crippen molar-refractivity contribution in [2.45, 2.75) is 31.2 Å². The zero-order chi connectivity index (χ0) is 30.6. The van der Waals surface area contributed by atoms with Crippen LogP contribution in [0.2, 0.25) is 0 Å². The second-order valence-electron chi connectivity index (χ2n) is 9.82. The summed E-state index contributed by atoms with van der Waals surface area (Å²) in [7, 11) is 1.28. The van der Waals surface area contributed by atoms with E-state index in [1.54, 1.807) is 13.8 Å². The summed E-state index contributed by atoms with van der Waals surface area (Å²) >= 11 is 0. The van der Waals surface area contributed by atoms with E-state index in [0.717, 1.165) is 18.3 Å². The molecule has 1 heterocycles. The van der Waals surface area contributed by atoms with Gasteiger partial charge in [-0.05, 0) is 49.7 Å². The molecule has 0 spiro atoms. The fourth-order valence-corrected chi connectivity index (χ4v) is 3.90. The van der Waals surface area contributed by atoms with Gasteiger partial charge in [0.1, 0.15) is 12.4 Å². The Morgan fingerprint density at radius 1 is 1.07 bits per heavy atom. The summed E-state index contributed by atoms with van der Waals surface area (Å²) in [6.07, 6.45) is -3.27. The number of hydrogen-bond donors (Lipinski definition) is 4. The Morgan fingerprint density at radius 3 is 2.29 bits per heavy atom. The molecule has 9 nitrogen and oxygen atoms in total. The molecule has 1 amide bonds. The number of hydrogen-bond acceptors (Lipinski definition) is 7. The van der Waals surface area contributed by atoms with E-state index in [2.05, 4.69) is 5.32 Å². The van der Waals surface area contributed by atoms with Crippen LogP contribution in [0, 0.1) is 5.82 Å². The third-order valence-corrected chi connectivity index (χ3v) is 6.57. The van der Waals surface area contributed by atoms with Crippen molar-refractivity contribution < 1.29 is 42.0 Å². The molecule has 0 saturated carbocycles. The lowest BCUT2D eigenvalue weighted by atomic mass is 9.90. The van der Waals surface area contributed by atoms with Crippen LogP contribution in [0.1, 0.15) is 29.8 Å². The molecule has 1 unspecified atom stereocenters. The topological polar surface area (TPSA) is 136 Å². The van der Waals surface area contributed by atoms with Crippen molar-refractivity contribution in [1.82, 2.24) is 9.88 Å². The number of nitrogens with zero attached hydrogens (tertiary/aromatic N) is 1. The van der Waals surface area contributed by atoms with Gasteiger partial charge in [-0.1, -0.05) is 12.1 Å². The molecular formula is C28H31F4N3O6. The van der Waals surface area contributed by atoms with Gasteiger partial charge in [-0.2, -0.15) is 13.2 Å². The molecule has 3 aromatic rings. The largest absolute Gasteiger partial charge is 0.493 e. The number of benzene rings is 2. The molecule has 41 heavy (non-hydrogen) atoms. The summed E-state index contributed by atoms with van der Waals surface area (Å²) in [6.45, 7) is 1.44. The number of aliphatic hydroxyl groups excluding tert-OH is 1. The van der Waals surface area contributed by atoms with Gasteiger partial charge in [0.25, 0.3) is 5.91 Å². The molecule has 0 fully saturated rings. The van der Waals surface area contributed by atoms with E-state index in [1.165, 1.54) is 48.2 Å². The summed E-state index contributed by atoms with van der Waals surface area (Å²) in [6, 6.07) is 8.34. The highest BCUT2D eigenvalue weighted by Gasteiger charge is 2.57. The lowest BCUT2D eigenvalue weighted by molar-refractivity contribution is -0.264. The van der Waals surface area contributed by atoms with Crippen LogP contribution < -0.4 is 26.0 Å². The predicted octanol–water partition coefficient (Wildman–Crippen LogP) is 2.91. The van der Waals surface area contributed by atoms with Gasteiger partial charge in [-0.3, -0.25) is 9.59 Å². The first kappa shape index (κ1) is 31.6. The highest BCUT2D eigenvalue weighted by molar-refractivity contribution is 5.95. The van der Waals surface area contributed by atoms with E-state index in [0.29, 0.717) is 0 Å². The summed E-state index contributed by atoms with van der Waals surface area (Å²) in [4.78, 5) is 26.3. The lowest BCUT2D eigenvalue weighted by Crippen LogP contribution is -2.54. The van der Waals surface area contributed by atoms with Crippen LogP contribution in [0.15, 0.2) is 59.7 Å². The smallest absolute Gasteiger partial charge is 0.423 e. The van der Waals surface area contributed by atoms with E-state index in [4.69, 9.17) is 20.3 Å². The highest BCUT2D eigenvalue weighted by Crippen LogP contribution is 2.38. The molecule has 0 bridgehead atoms. The van der Waals surface area contributed by atoms with Crippen LogP contribution in [-0.4, -0.2) is 60.3 Å². The summed E-state index contributed by atoms with van der Waals surface area (Å²) in [5.41, 5.74) is -1.45. The first-order chi connectivity index (χ1) is 19.2. The van der Waals surface area contributed by atoms with Crippen molar-refractivity contribution in [2.24, 2.45) is 5.73 Å². The highest BCUT2D eigenvalue weighted by atomic mass is 19.4. The fourth-order valence-electron chi connectivity index (χ4n) is 3.90. The number of halogens is 4. The number of pyridine rings is 1. The summed E-state index contributed by atoms with van der Waals surface area (Å²) in [5, 5.41) is 22.1. The van der Waals surface area contributed by atoms with E-state index in [9.17, 15) is 32.3 Å². The van der Waals surface area contributed by atoms with Crippen molar-refractivity contribution in [3.8, 4) is 22.6 Å². The van der Waals surface area contributed by atoms with E-state index >= 15 is 0 Å². The number of ether oxygens (including phenoxy) is 2. The van der Waals surface area contributed by atoms with E-state index in [1.807, 2.05) is 0 Å². The van der Waals surface area contributed by atoms with E-state index < -0.39 is 46.6 Å². The Balaban J connectivity index is 2.09. The number of rotatable bonds is 11.